The van der Waals surface area contributed by atoms with E-state index in [0.29, 0.717) is 39.1 Å². The highest BCUT2D eigenvalue weighted by Crippen LogP contribution is 2.33. The first-order valence-corrected chi connectivity index (χ1v) is 10.3. The molecule has 30 heavy (non-hydrogen) atoms. The summed E-state index contributed by atoms with van der Waals surface area (Å²) < 4.78 is 10.4. The van der Waals surface area contributed by atoms with Crippen LogP contribution >= 0.6 is 0 Å². The van der Waals surface area contributed by atoms with Gasteiger partial charge in [0.2, 0.25) is 0 Å². The van der Waals surface area contributed by atoms with E-state index in [4.69, 9.17) is 19.1 Å². The number of carbonyl (C=O) groups is 2. The number of amides is 1. The molecule has 1 aromatic rings. The molecular weight excluding hydrogens is 388 g/mol. The predicted molar refractivity (Wildman–Crippen MR) is 109 cm³/mol. The van der Waals surface area contributed by atoms with Gasteiger partial charge in [-0.05, 0) is 50.3 Å². The van der Waals surface area contributed by atoms with Gasteiger partial charge in [-0.25, -0.2) is 9.86 Å². The van der Waals surface area contributed by atoms with Crippen molar-refractivity contribution in [3.63, 3.8) is 0 Å². The number of rotatable bonds is 7. The zero-order chi connectivity index (χ0) is 21.9. The molecule has 3 rings (SSSR count). The van der Waals surface area contributed by atoms with Gasteiger partial charge in [-0.3, -0.25) is 9.63 Å². The fourth-order valence-electron chi connectivity index (χ4n) is 4.25. The van der Waals surface area contributed by atoms with E-state index in [1.54, 1.807) is 12.2 Å². The number of hydroxylamine groups is 4. The summed E-state index contributed by atoms with van der Waals surface area (Å²) in [7, 11) is 2.94. The van der Waals surface area contributed by atoms with Crippen LogP contribution in [0.3, 0.4) is 0 Å². The quantitative estimate of drug-likeness (QED) is 0.492. The maximum atomic E-state index is 13.6. The van der Waals surface area contributed by atoms with Crippen LogP contribution in [0.25, 0.3) is 0 Å². The van der Waals surface area contributed by atoms with Crippen molar-refractivity contribution in [2.75, 3.05) is 40.5 Å². The van der Waals surface area contributed by atoms with E-state index >= 15 is 0 Å². The maximum absolute atomic E-state index is 13.6. The number of methoxy groups -OCH3 is 1. The second kappa shape index (κ2) is 9.43. The van der Waals surface area contributed by atoms with Crippen LogP contribution in [-0.2, 0) is 35.2 Å². The lowest BCUT2D eigenvalue weighted by atomic mass is 9.86. The van der Waals surface area contributed by atoms with E-state index in [1.165, 1.54) is 12.2 Å². The molecule has 1 amide bonds. The molecule has 0 spiro atoms. The predicted octanol–water partition coefficient (Wildman–Crippen LogP) is 1.88. The molecule has 8 heteroatoms. The smallest absolute Gasteiger partial charge is 0.334 e. The van der Waals surface area contributed by atoms with Crippen molar-refractivity contribution in [1.29, 1.82) is 0 Å². The lowest BCUT2D eigenvalue weighted by Crippen LogP contribution is -2.64. The fraction of sp³-hybridized carbons (Fsp3) is 0.636. The lowest BCUT2D eigenvalue weighted by molar-refractivity contribution is -0.294. The van der Waals surface area contributed by atoms with Gasteiger partial charge in [-0.2, -0.15) is 5.06 Å². The first-order valence-electron chi connectivity index (χ1n) is 10.3. The fourth-order valence-corrected chi connectivity index (χ4v) is 4.25. The highest BCUT2D eigenvalue weighted by atomic mass is 16.7. The maximum Gasteiger partial charge on any atom is 0.334 e. The average Bonchev–Trinajstić information content (AvgIpc) is 2.69. The van der Waals surface area contributed by atoms with Crippen molar-refractivity contribution in [2.45, 2.75) is 51.7 Å². The minimum absolute atomic E-state index is 0.151. The summed E-state index contributed by atoms with van der Waals surface area (Å²) in [6.45, 7) is 7.81. The molecule has 0 aliphatic carbocycles. The largest absolute Gasteiger partial charge is 0.467 e. The Morgan fingerprint density at radius 3 is 2.20 bits per heavy atom. The summed E-state index contributed by atoms with van der Waals surface area (Å²) in [6, 6.07) is 4.13. The van der Waals surface area contributed by atoms with Crippen LogP contribution in [0, 0.1) is 20.8 Å². The van der Waals surface area contributed by atoms with Crippen molar-refractivity contribution in [1.82, 2.24) is 10.1 Å². The van der Waals surface area contributed by atoms with Gasteiger partial charge in [-0.1, -0.05) is 17.7 Å². The first kappa shape index (κ1) is 22.7. The summed E-state index contributed by atoms with van der Waals surface area (Å²) in [5, 5.41) is 3.06. The molecule has 2 aliphatic heterocycles. The average molecular weight is 421 g/mol. The molecule has 0 N–H and O–H groups in total. The standard InChI is InChI=1S/C22H32N2O6/c1-15-10-16(2)19(17(3)11-15)12-20(25)24(30-18-13-29-14-18)22(21(26)27-4)6-8-23(28-5)9-7-22/h10-11,18H,6-9,12-14H2,1-5H3. The van der Waals surface area contributed by atoms with Gasteiger partial charge in [0.15, 0.2) is 5.54 Å². The highest BCUT2D eigenvalue weighted by molar-refractivity contribution is 5.88. The van der Waals surface area contributed by atoms with E-state index < -0.39 is 11.5 Å². The van der Waals surface area contributed by atoms with Crippen LogP contribution in [0.4, 0.5) is 0 Å². The number of hydrogen-bond acceptors (Lipinski definition) is 7. The number of ether oxygens (including phenoxy) is 2. The number of carbonyl (C=O) groups excluding carboxylic acids is 2. The number of hydrogen-bond donors (Lipinski definition) is 0. The van der Waals surface area contributed by atoms with E-state index in [9.17, 15) is 9.59 Å². The van der Waals surface area contributed by atoms with Gasteiger partial charge in [0.05, 0.1) is 33.9 Å². The Labute approximate surface area is 177 Å². The van der Waals surface area contributed by atoms with Crippen LogP contribution in [0.5, 0.6) is 0 Å². The normalized spacial score (nSPS) is 19.2. The number of benzene rings is 1. The molecule has 166 valence electrons. The molecule has 0 saturated carbocycles. The number of nitrogens with zero attached hydrogens (tertiary/aromatic N) is 2. The second-order valence-corrected chi connectivity index (χ2v) is 8.14. The molecule has 0 unspecified atom stereocenters. The summed E-state index contributed by atoms with van der Waals surface area (Å²) >= 11 is 0. The Hall–Kier alpha value is -2.00. The second-order valence-electron chi connectivity index (χ2n) is 8.14. The number of aryl methyl sites for hydroxylation is 3. The molecule has 0 aromatic heterocycles. The van der Waals surface area contributed by atoms with Crippen molar-refractivity contribution < 1.29 is 28.7 Å². The van der Waals surface area contributed by atoms with Gasteiger partial charge in [0.1, 0.15) is 6.10 Å². The van der Waals surface area contributed by atoms with Crippen LogP contribution in [0.15, 0.2) is 12.1 Å². The lowest BCUT2D eigenvalue weighted by Gasteiger charge is -2.46. The molecule has 1 aromatic carbocycles. The molecule has 2 saturated heterocycles. The third-order valence-electron chi connectivity index (χ3n) is 6.02. The van der Waals surface area contributed by atoms with Crippen molar-refractivity contribution >= 4 is 11.9 Å². The van der Waals surface area contributed by atoms with Crippen LogP contribution in [0.1, 0.15) is 35.1 Å². The molecule has 0 bridgehead atoms. The van der Waals surface area contributed by atoms with E-state index in [-0.39, 0.29) is 18.4 Å². The van der Waals surface area contributed by atoms with Gasteiger partial charge < -0.3 is 14.3 Å². The summed E-state index contributed by atoms with van der Waals surface area (Å²) in [4.78, 5) is 37.9. The minimum atomic E-state index is -1.19. The van der Waals surface area contributed by atoms with Gasteiger partial charge >= 0.3 is 5.97 Å². The number of esters is 1. The van der Waals surface area contributed by atoms with Gasteiger partial charge in [-0.15, -0.1) is 0 Å². The summed E-state index contributed by atoms with van der Waals surface area (Å²) in [6.07, 6.45) is 0.617. The van der Waals surface area contributed by atoms with E-state index in [2.05, 4.69) is 12.1 Å². The zero-order valence-corrected chi connectivity index (χ0v) is 18.5. The Morgan fingerprint density at radius 1 is 1.13 bits per heavy atom. The topological polar surface area (TPSA) is 77.5 Å². The van der Waals surface area contributed by atoms with Crippen LogP contribution in [0.2, 0.25) is 0 Å². The van der Waals surface area contributed by atoms with Crippen LogP contribution < -0.4 is 0 Å². The molecule has 2 aliphatic rings. The van der Waals surface area contributed by atoms with E-state index in [0.717, 1.165) is 22.3 Å². The molecule has 0 radical (unpaired) electrons. The Kier molecular flexibility index (Phi) is 7.13. The van der Waals surface area contributed by atoms with Gasteiger partial charge in [0.25, 0.3) is 5.91 Å². The van der Waals surface area contributed by atoms with Crippen LogP contribution in [-0.4, -0.2) is 74.2 Å². The number of piperidine rings is 1. The Morgan fingerprint density at radius 2 is 1.73 bits per heavy atom. The molecule has 2 heterocycles. The third-order valence-corrected chi connectivity index (χ3v) is 6.02. The monoisotopic (exact) mass is 420 g/mol. The van der Waals surface area contributed by atoms with Crippen molar-refractivity contribution in [2.24, 2.45) is 0 Å². The van der Waals surface area contributed by atoms with Crippen molar-refractivity contribution in [3.05, 3.63) is 34.4 Å². The molecule has 2 fully saturated rings. The molecule has 0 atom stereocenters. The zero-order valence-electron chi connectivity index (χ0n) is 18.5. The third kappa shape index (κ3) is 4.51. The first-order chi connectivity index (χ1) is 14.3. The SMILES string of the molecule is COC(=O)C1(N(OC2COC2)C(=O)Cc2c(C)cc(C)cc2C)CCN(OC)CC1. The highest BCUT2D eigenvalue weighted by Gasteiger charge is 2.52. The molecular formula is C22H32N2O6. The van der Waals surface area contributed by atoms with Crippen molar-refractivity contribution in [3.8, 4) is 0 Å². The minimum Gasteiger partial charge on any atom is -0.467 e. The summed E-state index contributed by atoms with van der Waals surface area (Å²) in [5.41, 5.74) is 3.02. The Bertz CT molecular complexity index is 761. The van der Waals surface area contributed by atoms with Gasteiger partial charge in [0, 0.05) is 13.1 Å². The molecule has 8 nitrogen and oxygen atoms in total. The Balaban J connectivity index is 1.92. The summed E-state index contributed by atoms with van der Waals surface area (Å²) in [5.74, 6) is -0.725. The van der Waals surface area contributed by atoms with E-state index in [1.807, 2.05) is 20.8 Å².